The average Bonchev–Trinajstić information content (AvgIpc) is 3.64. The van der Waals surface area contributed by atoms with Gasteiger partial charge in [0.15, 0.2) is 0 Å². The Hall–Kier alpha value is -6.78. The van der Waals surface area contributed by atoms with Crippen molar-refractivity contribution in [1.82, 2.24) is 4.57 Å². The molecule has 2 aliphatic heterocycles. The van der Waals surface area contributed by atoms with Crippen LogP contribution >= 0.6 is 0 Å². The molecule has 1 aromatic heterocycles. The molecule has 12 rings (SSSR count). The lowest BCUT2D eigenvalue weighted by Gasteiger charge is -2.45. The van der Waals surface area contributed by atoms with E-state index in [1.807, 2.05) is 0 Å². The van der Waals surface area contributed by atoms with Crippen LogP contribution in [0.15, 0.2) is 152 Å². The second-order valence-electron chi connectivity index (χ2n) is 19.1. The number of hydrogen-bond acceptors (Lipinski definition) is 2. The number of aryl methyl sites for hydroxylation is 6. The molecule has 3 heterocycles. The second-order valence-corrected chi connectivity index (χ2v) is 19.1. The van der Waals surface area contributed by atoms with Crippen LogP contribution in [0.25, 0.3) is 38.6 Å². The zero-order chi connectivity index (χ0) is 43.4. The third kappa shape index (κ3) is 5.88. The van der Waals surface area contributed by atoms with Gasteiger partial charge in [-0.1, -0.05) is 140 Å². The maximum atomic E-state index is 2.62. The molecule has 0 radical (unpaired) electrons. The molecule has 3 aliphatic rings. The smallest absolute Gasteiger partial charge is 0.252 e. The fourth-order valence-electron chi connectivity index (χ4n) is 12.5. The Kier molecular flexibility index (Phi) is 9.06. The maximum absolute atomic E-state index is 2.62. The molecule has 4 heteroatoms. The Morgan fingerprint density at radius 3 is 1.75 bits per heavy atom. The van der Waals surface area contributed by atoms with Crippen molar-refractivity contribution >= 4 is 79.0 Å². The minimum absolute atomic E-state index is 0.00888. The molecule has 0 N–H and O–H groups in total. The number of para-hydroxylation sites is 1. The molecule has 1 saturated carbocycles. The van der Waals surface area contributed by atoms with Crippen molar-refractivity contribution < 1.29 is 0 Å². The van der Waals surface area contributed by atoms with Gasteiger partial charge in [-0.25, -0.2) is 0 Å². The quantitative estimate of drug-likeness (QED) is 0.160. The first kappa shape index (κ1) is 38.9. The van der Waals surface area contributed by atoms with Crippen molar-refractivity contribution in [3.8, 4) is 16.8 Å². The number of anilines is 6. The van der Waals surface area contributed by atoms with Crippen LogP contribution in [0.2, 0.25) is 0 Å². The van der Waals surface area contributed by atoms with E-state index in [-0.39, 0.29) is 6.71 Å². The van der Waals surface area contributed by atoms with Gasteiger partial charge in [-0.3, -0.25) is 0 Å². The molecular weight excluding hydrogens is 773 g/mol. The van der Waals surface area contributed by atoms with Gasteiger partial charge in [0, 0.05) is 39.2 Å². The van der Waals surface area contributed by atoms with E-state index in [1.165, 1.54) is 160 Å². The number of rotatable bonds is 5. The molecule has 0 spiro atoms. The monoisotopic (exact) mass is 827 g/mol. The van der Waals surface area contributed by atoms with E-state index >= 15 is 0 Å². The molecule has 1 aliphatic carbocycles. The van der Waals surface area contributed by atoms with Gasteiger partial charge < -0.3 is 14.4 Å². The summed E-state index contributed by atoms with van der Waals surface area (Å²) < 4.78 is 2.56. The summed E-state index contributed by atoms with van der Waals surface area (Å²) in [5, 5.41) is 2.78. The number of fused-ring (bicyclic) bond motifs is 7. The lowest BCUT2D eigenvalue weighted by atomic mass is 9.33. The normalized spacial score (nSPS) is 14.6. The predicted molar refractivity (Wildman–Crippen MR) is 274 cm³/mol. The highest BCUT2D eigenvalue weighted by molar-refractivity contribution is 7.00. The highest BCUT2D eigenvalue weighted by Crippen LogP contribution is 2.48. The van der Waals surface area contributed by atoms with Crippen LogP contribution in [0, 0.1) is 41.5 Å². The summed E-state index contributed by atoms with van der Waals surface area (Å²) in [5.74, 6) is 0.605. The zero-order valence-corrected chi connectivity index (χ0v) is 38.0. The zero-order valence-electron chi connectivity index (χ0n) is 38.0. The van der Waals surface area contributed by atoms with E-state index < -0.39 is 0 Å². The Bertz CT molecular complexity index is 3300. The lowest BCUT2D eigenvalue weighted by molar-refractivity contribution is 0.445. The average molecular weight is 828 g/mol. The number of benzene rings is 8. The molecule has 0 unspecified atom stereocenters. The SMILES string of the molecule is Cc1cc(C)c(N2c3ccc(-c4ccccc4)cc3B3c4ccc(-n5c6ccccc6c6c(C7CCCCC7)cccc65)cc4N(c4c(C)cc(C)cc4C)c4cccc2c43)c(C)c1. The molecule has 0 atom stereocenters. The molecule has 8 aromatic carbocycles. The largest absolute Gasteiger partial charge is 0.311 e. The molecule has 9 aromatic rings. The number of nitrogens with zero attached hydrogens (tertiary/aromatic N) is 3. The first-order valence-corrected chi connectivity index (χ1v) is 23.5. The number of hydrogen-bond donors (Lipinski definition) is 0. The van der Waals surface area contributed by atoms with E-state index in [4.69, 9.17) is 0 Å². The van der Waals surface area contributed by atoms with Gasteiger partial charge >= 0.3 is 0 Å². The van der Waals surface area contributed by atoms with Crippen LogP contribution in [0.4, 0.5) is 34.1 Å². The Labute approximate surface area is 378 Å². The van der Waals surface area contributed by atoms with Gasteiger partial charge in [-0.2, -0.15) is 0 Å². The topological polar surface area (TPSA) is 11.4 Å². The molecule has 0 saturated heterocycles. The molecule has 3 nitrogen and oxygen atoms in total. The third-order valence-corrected chi connectivity index (χ3v) is 14.8. The summed E-state index contributed by atoms with van der Waals surface area (Å²) in [7, 11) is 0. The Morgan fingerprint density at radius 1 is 0.453 bits per heavy atom. The predicted octanol–water partition coefficient (Wildman–Crippen LogP) is 14.4. The second kappa shape index (κ2) is 14.9. The van der Waals surface area contributed by atoms with Crippen LogP contribution in [0.1, 0.15) is 77.0 Å². The van der Waals surface area contributed by atoms with Gasteiger partial charge in [0.2, 0.25) is 0 Å². The summed E-state index contributed by atoms with van der Waals surface area (Å²) in [5.41, 5.74) is 27.0. The first-order valence-electron chi connectivity index (χ1n) is 23.5. The minimum Gasteiger partial charge on any atom is -0.311 e. The van der Waals surface area contributed by atoms with E-state index in [9.17, 15) is 0 Å². The standard InChI is InChI=1S/C60H54BN3/c1-37-31-39(3)59(40(4)32-37)63-52-30-27-45(43-17-9-7-10-18-43)35-50(52)61-49-29-28-46(36-56(49)64(55-26-16-25-54(63)58(55)61)60-41(5)33-38(2)34-42(60)6)62-51-23-14-13-21-48(51)57-47(22-15-24-53(57)62)44-19-11-8-12-20-44/h7,9-10,13-18,21-36,44H,8,11-12,19-20H2,1-6H3. The Morgan fingerprint density at radius 2 is 1.06 bits per heavy atom. The van der Waals surface area contributed by atoms with Crippen LogP contribution in [-0.4, -0.2) is 11.3 Å². The van der Waals surface area contributed by atoms with E-state index in [0.29, 0.717) is 5.92 Å². The highest BCUT2D eigenvalue weighted by atomic mass is 15.2. The van der Waals surface area contributed by atoms with E-state index in [2.05, 4.69) is 208 Å². The van der Waals surface area contributed by atoms with Gasteiger partial charge in [0.25, 0.3) is 6.71 Å². The fourth-order valence-corrected chi connectivity index (χ4v) is 12.5. The van der Waals surface area contributed by atoms with Gasteiger partial charge in [0.1, 0.15) is 0 Å². The number of aromatic nitrogens is 1. The van der Waals surface area contributed by atoms with Gasteiger partial charge in [-0.15, -0.1) is 0 Å². The van der Waals surface area contributed by atoms with Crippen LogP contribution in [-0.2, 0) is 0 Å². The van der Waals surface area contributed by atoms with E-state index in [1.54, 1.807) is 0 Å². The van der Waals surface area contributed by atoms with Crippen molar-refractivity contribution in [3.05, 3.63) is 191 Å². The summed E-state index contributed by atoms with van der Waals surface area (Å²) in [4.78, 5) is 5.20. The molecule has 64 heavy (non-hydrogen) atoms. The molecule has 312 valence electrons. The van der Waals surface area contributed by atoms with Crippen molar-refractivity contribution in [1.29, 1.82) is 0 Å². The Balaban J connectivity index is 1.16. The van der Waals surface area contributed by atoms with Gasteiger partial charge in [0.05, 0.1) is 22.4 Å². The summed E-state index contributed by atoms with van der Waals surface area (Å²) >= 11 is 0. The fraction of sp³-hybridized carbons (Fsp3) is 0.200. The lowest BCUT2D eigenvalue weighted by Crippen LogP contribution is -2.61. The molecule has 1 fully saturated rings. The molecule has 0 amide bonds. The van der Waals surface area contributed by atoms with Crippen molar-refractivity contribution in [2.45, 2.75) is 79.6 Å². The summed E-state index contributed by atoms with van der Waals surface area (Å²) in [6, 6.07) is 58.2. The van der Waals surface area contributed by atoms with Crippen LogP contribution in [0.5, 0.6) is 0 Å². The maximum Gasteiger partial charge on any atom is 0.252 e. The van der Waals surface area contributed by atoms with Crippen molar-refractivity contribution in [2.75, 3.05) is 9.80 Å². The van der Waals surface area contributed by atoms with Crippen LogP contribution in [0.3, 0.4) is 0 Å². The summed E-state index contributed by atoms with van der Waals surface area (Å²) in [6.45, 7) is 13.6. The van der Waals surface area contributed by atoms with Crippen molar-refractivity contribution in [3.63, 3.8) is 0 Å². The minimum atomic E-state index is 0.00888. The van der Waals surface area contributed by atoms with E-state index in [0.717, 1.165) is 0 Å². The first-order chi connectivity index (χ1) is 31.2. The third-order valence-electron chi connectivity index (χ3n) is 14.8. The van der Waals surface area contributed by atoms with Crippen LogP contribution < -0.4 is 26.2 Å². The molecule has 0 bridgehead atoms. The highest BCUT2D eigenvalue weighted by Gasteiger charge is 2.44. The van der Waals surface area contributed by atoms with Crippen molar-refractivity contribution in [2.24, 2.45) is 0 Å². The summed E-state index contributed by atoms with van der Waals surface area (Å²) in [6.07, 6.45) is 6.55. The van der Waals surface area contributed by atoms with Gasteiger partial charge in [-0.05, 0) is 158 Å². The molecular formula is C60H54BN3.